The van der Waals surface area contributed by atoms with Crippen molar-refractivity contribution >= 4 is 28.8 Å². The number of fused-ring (bicyclic) bond motifs is 1. The molecule has 0 spiro atoms. The molecule has 146 valence electrons. The van der Waals surface area contributed by atoms with Gasteiger partial charge in [-0.25, -0.2) is 9.97 Å². The Morgan fingerprint density at radius 2 is 1.69 bits per heavy atom. The zero-order valence-corrected chi connectivity index (χ0v) is 16.2. The Kier molecular flexibility index (Phi) is 4.60. The van der Waals surface area contributed by atoms with E-state index in [0.29, 0.717) is 5.69 Å². The summed E-state index contributed by atoms with van der Waals surface area (Å²) in [5.74, 6) is 0.515. The number of aromatic nitrogens is 2. The second kappa shape index (κ2) is 7.54. The van der Waals surface area contributed by atoms with Crippen LogP contribution in [0.5, 0.6) is 0 Å². The van der Waals surface area contributed by atoms with E-state index in [0.717, 1.165) is 43.2 Å². The molecule has 1 saturated heterocycles. The Hall–Kier alpha value is -3.41. The highest BCUT2D eigenvalue weighted by Gasteiger charge is 2.21. The zero-order chi connectivity index (χ0) is 19.6. The predicted octanol–water partition coefficient (Wildman–Crippen LogP) is 4.02. The molecule has 0 bridgehead atoms. The van der Waals surface area contributed by atoms with Crippen LogP contribution in [0.3, 0.4) is 0 Å². The maximum Gasteiger partial charge on any atom is 0.275 e. The molecule has 6 nitrogen and oxygen atoms in total. The molecule has 0 atom stereocenters. The van der Waals surface area contributed by atoms with Crippen LogP contribution in [0.4, 0.5) is 22.9 Å². The Morgan fingerprint density at radius 1 is 0.897 bits per heavy atom. The monoisotopic (exact) mass is 385 g/mol. The van der Waals surface area contributed by atoms with Crippen LogP contribution in [-0.4, -0.2) is 35.5 Å². The summed E-state index contributed by atoms with van der Waals surface area (Å²) in [7, 11) is 0. The quantitative estimate of drug-likeness (QED) is 0.735. The number of nitrogens with one attached hydrogen (secondary N) is 1. The average molecular weight is 385 g/mol. The van der Waals surface area contributed by atoms with Crippen LogP contribution in [0.15, 0.2) is 60.9 Å². The second-order valence-corrected chi connectivity index (χ2v) is 7.49. The van der Waals surface area contributed by atoms with Gasteiger partial charge in [0.25, 0.3) is 5.91 Å². The number of hydrogen-bond donors (Lipinski definition) is 1. The molecule has 0 radical (unpaired) electrons. The fraction of sp³-hybridized carbons (Fsp3) is 0.261. The fourth-order valence-corrected chi connectivity index (χ4v) is 4.08. The largest absolute Gasteiger partial charge is 0.372 e. The highest BCUT2D eigenvalue weighted by molar-refractivity contribution is 6.02. The van der Waals surface area contributed by atoms with E-state index in [-0.39, 0.29) is 5.91 Å². The van der Waals surface area contributed by atoms with Gasteiger partial charge in [0.15, 0.2) is 5.82 Å². The Labute approximate surface area is 170 Å². The van der Waals surface area contributed by atoms with Gasteiger partial charge < -0.3 is 15.1 Å². The minimum absolute atomic E-state index is 0.250. The van der Waals surface area contributed by atoms with Crippen molar-refractivity contribution in [2.75, 3.05) is 34.8 Å². The molecule has 1 fully saturated rings. The first-order valence-corrected chi connectivity index (χ1v) is 10.1. The molecule has 0 saturated carbocycles. The lowest BCUT2D eigenvalue weighted by atomic mass is 10.2. The molecule has 2 aromatic carbocycles. The van der Waals surface area contributed by atoms with Crippen LogP contribution in [0, 0.1) is 0 Å². The summed E-state index contributed by atoms with van der Waals surface area (Å²) in [6.07, 6.45) is 6.71. The van der Waals surface area contributed by atoms with E-state index in [4.69, 9.17) is 0 Å². The second-order valence-electron chi connectivity index (χ2n) is 7.49. The van der Waals surface area contributed by atoms with Crippen LogP contribution in [0.25, 0.3) is 0 Å². The summed E-state index contributed by atoms with van der Waals surface area (Å²) < 4.78 is 0. The third kappa shape index (κ3) is 3.53. The number of carbonyl (C=O) groups excluding carboxylic acids is 1. The Balaban J connectivity index is 1.26. The standard InChI is InChI=1S/C23H23N5O/c29-23(26-18-7-9-19(10-8-18)27-12-3-4-13-27)20-15-25-22(16-24-20)28-14-11-17-5-1-2-6-21(17)28/h1-2,5-10,15-16H,3-4,11-14H2,(H,26,29). The number of benzene rings is 2. The zero-order valence-electron chi connectivity index (χ0n) is 16.2. The van der Waals surface area contributed by atoms with Crippen molar-refractivity contribution in [3.63, 3.8) is 0 Å². The first-order valence-electron chi connectivity index (χ1n) is 10.1. The molecule has 1 amide bonds. The van der Waals surface area contributed by atoms with Crippen molar-refractivity contribution in [3.8, 4) is 0 Å². The molecule has 2 aliphatic heterocycles. The number of hydrogen-bond acceptors (Lipinski definition) is 5. The molecule has 5 rings (SSSR count). The lowest BCUT2D eigenvalue weighted by molar-refractivity contribution is 0.102. The van der Waals surface area contributed by atoms with Gasteiger partial charge in [-0.3, -0.25) is 4.79 Å². The minimum Gasteiger partial charge on any atom is -0.372 e. The maximum absolute atomic E-state index is 12.5. The van der Waals surface area contributed by atoms with Crippen molar-refractivity contribution in [2.45, 2.75) is 19.3 Å². The van der Waals surface area contributed by atoms with Crippen molar-refractivity contribution < 1.29 is 4.79 Å². The summed E-state index contributed by atoms with van der Waals surface area (Å²) >= 11 is 0. The van der Waals surface area contributed by atoms with Crippen LogP contribution in [0.1, 0.15) is 28.9 Å². The van der Waals surface area contributed by atoms with Crippen LogP contribution >= 0.6 is 0 Å². The molecule has 2 aliphatic rings. The van der Waals surface area contributed by atoms with E-state index in [9.17, 15) is 4.79 Å². The SMILES string of the molecule is O=C(Nc1ccc(N2CCCC2)cc1)c1cnc(N2CCc3ccccc32)cn1. The van der Waals surface area contributed by atoms with Gasteiger partial charge in [-0.1, -0.05) is 18.2 Å². The molecular weight excluding hydrogens is 362 g/mol. The van der Waals surface area contributed by atoms with E-state index < -0.39 is 0 Å². The summed E-state index contributed by atoms with van der Waals surface area (Å²) in [6.45, 7) is 3.09. The van der Waals surface area contributed by atoms with E-state index >= 15 is 0 Å². The van der Waals surface area contributed by atoms with Gasteiger partial charge in [0, 0.05) is 36.7 Å². The van der Waals surface area contributed by atoms with E-state index in [1.54, 1.807) is 12.4 Å². The van der Waals surface area contributed by atoms with Gasteiger partial charge in [-0.05, 0) is 55.2 Å². The lowest BCUT2D eigenvalue weighted by Gasteiger charge is -2.18. The minimum atomic E-state index is -0.250. The van der Waals surface area contributed by atoms with Crippen molar-refractivity contribution in [3.05, 3.63) is 72.2 Å². The molecule has 3 aromatic rings. The summed E-state index contributed by atoms with van der Waals surface area (Å²) in [6, 6.07) is 16.3. The predicted molar refractivity (Wildman–Crippen MR) is 115 cm³/mol. The van der Waals surface area contributed by atoms with E-state index in [1.165, 1.54) is 24.1 Å². The molecular formula is C23H23N5O. The molecule has 0 unspecified atom stereocenters. The molecule has 29 heavy (non-hydrogen) atoms. The topological polar surface area (TPSA) is 61.4 Å². The number of carbonyl (C=O) groups is 1. The summed E-state index contributed by atoms with van der Waals surface area (Å²) in [5, 5.41) is 2.91. The maximum atomic E-state index is 12.5. The lowest BCUT2D eigenvalue weighted by Crippen LogP contribution is -2.18. The number of amides is 1. The molecule has 1 aromatic heterocycles. The van der Waals surface area contributed by atoms with Gasteiger partial charge in [-0.2, -0.15) is 0 Å². The number of anilines is 4. The first-order chi connectivity index (χ1) is 14.3. The van der Waals surface area contributed by atoms with Gasteiger partial charge in [0.2, 0.25) is 0 Å². The molecule has 0 aliphatic carbocycles. The van der Waals surface area contributed by atoms with Crippen LogP contribution in [-0.2, 0) is 6.42 Å². The normalized spacial score (nSPS) is 15.4. The van der Waals surface area contributed by atoms with Crippen molar-refractivity contribution in [2.24, 2.45) is 0 Å². The van der Waals surface area contributed by atoms with Gasteiger partial charge >= 0.3 is 0 Å². The first kappa shape index (κ1) is 17.7. The highest BCUT2D eigenvalue weighted by Crippen LogP contribution is 2.32. The van der Waals surface area contributed by atoms with E-state index in [1.807, 2.05) is 18.2 Å². The number of rotatable bonds is 4. The van der Waals surface area contributed by atoms with Crippen molar-refractivity contribution in [1.82, 2.24) is 9.97 Å². The number of nitrogens with zero attached hydrogens (tertiary/aromatic N) is 4. The Bertz CT molecular complexity index is 1010. The molecule has 3 heterocycles. The summed E-state index contributed by atoms with van der Waals surface area (Å²) in [5.41, 5.74) is 4.75. The van der Waals surface area contributed by atoms with Crippen LogP contribution < -0.4 is 15.1 Å². The average Bonchev–Trinajstić information content (AvgIpc) is 3.45. The fourth-order valence-electron chi connectivity index (χ4n) is 4.08. The van der Waals surface area contributed by atoms with Crippen molar-refractivity contribution in [1.29, 1.82) is 0 Å². The van der Waals surface area contributed by atoms with E-state index in [2.05, 4.69) is 55.4 Å². The van der Waals surface area contributed by atoms with Gasteiger partial charge in [0.1, 0.15) is 5.69 Å². The number of para-hydroxylation sites is 1. The molecule has 1 N–H and O–H groups in total. The Morgan fingerprint density at radius 3 is 2.45 bits per heavy atom. The highest BCUT2D eigenvalue weighted by atomic mass is 16.1. The van der Waals surface area contributed by atoms with Gasteiger partial charge in [-0.15, -0.1) is 0 Å². The third-order valence-electron chi connectivity index (χ3n) is 5.63. The smallest absolute Gasteiger partial charge is 0.275 e. The molecule has 6 heteroatoms. The van der Waals surface area contributed by atoms with Crippen LogP contribution in [0.2, 0.25) is 0 Å². The summed E-state index contributed by atoms with van der Waals surface area (Å²) in [4.78, 5) is 25.9. The third-order valence-corrected chi connectivity index (χ3v) is 5.63. The van der Waals surface area contributed by atoms with Gasteiger partial charge in [0.05, 0.1) is 12.4 Å².